The fraction of sp³-hybridized carbons (Fsp3) is 0.111. The average molecular weight is 385 g/mol. The van der Waals surface area contributed by atoms with Crippen molar-refractivity contribution in [2.75, 3.05) is 5.75 Å². The molecule has 3 rings (SSSR count). The lowest BCUT2D eigenvalue weighted by Gasteiger charge is -2.09. The third kappa shape index (κ3) is 4.70. The van der Waals surface area contributed by atoms with E-state index in [1.807, 2.05) is 31.2 Å². The number of benzene rings is 2. The third-order valence-electron chi connectivity index (χ3n) is 3.65. The number of aromatic nitrogens is 3. The number of hydrazine groups is 1. The molecule has 0 radical (unpaired) electrons. The molecule has 0 saturated carbocycles. The van der Waals surface area contributed by atoms with Gasteiger partial charge in [0.15, 0.2) is 5.16 Å². The zero-order chi connectivity index (χ0) is 19.2. The van der Waals surface area contributed by atoms with Crippen molar-refractivity contribution in [1.82, 2.24) is 25.6 Å². The van der Waals surface area contributed by atoms with Crippen LogP contribution in [0.25, 0.3) is 5.69 Å². The van der Waals surface area contributed by atoms with Crippen LogP contribution in [0.3, 0.4) is 0 Å². The minimum atomic E-state index is -0.531. The summed E-state index contributed by atoms with van der Waals surface area (Å²) in [4.78, 5) is 23.9. The summed E-state index contributed by atoms with van der Waals surface area (Å²) in [6.07, 6.45) is 1.58. The van der Waals surface area contributed by atoms with Crippen LogP contribution in [0.4, 0.5) is 4.39 Å². The van der Waals surface area contributed by atoms with Gasteiger partial charge in [-0.25, -0.2) is 4.39 Å². The Morgan fingerprint density at radius 1 is 1.11 bits per heavy atom. The Morgan fingerprint density at radius 2 is 1.85 bits per heavy atom. The number of halogens is 1. The van der Waals surface area contributed by atoms with Crippen LogP contribution in [0.15, 0.2) is 60.0 Å². The van der Waals surface area contributed by atoms with Gasteiger partial charge in [-0.1, -0.05) is 30.0 Å². The predicted molar refractivity (Wildman–Crippen MR) is 98.8 cm³/mol. The van der Waals surface area contributed by atoms with Gasteiger partial charge in [-0.05, 0) is 42.8 Å². The number of carbonyl (C=O) groups is 2. The van der Waals surface area contributed by atoms with E-state index < -0.39 is 17.6 Å². The SMILES string of the molecule is Cc1ccccc1-n1cnnc1SCC(=O)NNC(=O)c1ccc(F)cc1. The number of nitrogens with zero attached hydrogens (tertiary/aromatic N) is 3. The van der Waals surface area contributed by atoms with Crippen LogP contribution < -0.4 is 10.9 Å². The van der Waals surface area contributed by atoms with E-state index >= 15 is 0 Å². The van der Waals surface area contributed by atoms with Gasteiger partial charge in [-0.2, -0.15) is 0 Å². The van der Waals surface area contributed by atoms with Crippen molar-refractivity contribution in [3.63, 3.8) is 0 Å². The maximum absolute atomic E-state index is 12.9. The second-order valence-corrected chi connectivity index (χ2v) is 6.51. The summed E-state index contributed by atoms with van der Waals surface area (Å²) in [6.45, 7) is 1.97. The van der Waals surface area contributed by atoms with Gasteiger partial charge >= 0.3 is 0 Å². The zero-order valence-corrected chi connectivity index (χ0v) is 15.2. The summed E-state index contributed by atoms with van der Waals surface area (Å²) < 4.78 is 14.7. The van der Waals surface area contributed by atoms with Gasteiger partial charge in [0.05, 0.1) is 11.4 Å². The van der Waals surface area contributed by atoms with E-state index in [0.717, 1.165) is 11.3 Å². The summed E-state index contributed by atoms with van der Waals surface area (Å²) in [5, 5.41) is 8.49. The Kier molecular flexibility index (Phi) is 5.82. The molecule has 27 heavy (non-hydrogen) atoms. The highest BCUT2D eigenvalue weighted by Gasteiger charge is 2.12. The van der Waals surface area contributed by atoms with Crippen LogP contribution in [-0.4, -0.2) is 32.3 Å². The van der Waals surface area contributed by atoms with Gasteiger partial charge in [-0.15, -0.1) is 10.2 Å². The molecule has 0 aliphatic rings. The van der Waals surface area contributed by atoms with E-state index in [9.17, 15) is 14.0 Å². The van der Waals surface area contributed by atoms with E-state index in [4.69, 9.17) is 0 Å². The first-order valence-electron chi connectivity index (χ1n) is 7.98. The smallest absolute Gasteiger partial charge is 0.269 e. The molecule has 1 aromatic heterocycles. The van der Waals surface area contributed by atoms with E-state index in [0.29, 0.717) is 5.16 Å². The predicted octanol–water partition coefficient (Wildman–Crippen LogP) is 2.27. The molecule has 2 N–H and O–H groups in total. The molecule has 9 heteroatoms. The molecule has 7 nitrogen and oxygen atoms in total. The van der Waals surface area contributed by atoms with Crippen molar-refractivity contribution in [1.29, 1.82) is 0 Å². The fourth-order valence-electron chi connectivity index (χ4n) is 2.29. The van der Waals surface area contributed by atoms with Crippen molar-refractivity contribution in [2.24, 2.45) is 0 Å². The van der Waals surface area contributed by atoms with Crippen LogP contribution in [-0.2, 0) is 4.79 Å². The number of nitrogens with one attached hydrogen (secondary N) is 2. The molecule has 0 aliphatic heterocycles. The van der Waals surface area contributed by atoms with Crippen LogP contribution >= 0.6 is 11.8 Å². The lowest BCUT2D eigenvalue weighted by Crippen LogP contribution is -2.42. The number of para-hydroxylation sites is 1. The molecule has 0 saturated heterocycles. The van der Waals surface area contributed by atoms with E-state index in [2.05, 4.69) is 21.0 Å². The molecule has 1 heterocycles. The lowest BCUT2D eigenvalue weighted by atomic mass is 10.2. The normalized spacial score (nSPS) is 10.4. The van der Waals surface area contributed by atoms with E-state index in [1.54, 1.807) is 10.9 Å². The summed E-state index contributed by atoms with van der Waals surface area (Å²) in [5.74, 6) is -1.34. The number of hydrogen-bond donors (Lipinski definition) is 2. The van der Waals surface area contributed by atoms with Crippen molar-refractivity contribution in [3.05, 3.63) is 71.8 Å². The molecule has 2 amide bonds. The minimum Gasteiger partial charge on any atom is -0.276 e. The first-order chi connectivity index (χ1) is 13.0. The Labute approximate surface area is 159 Å². The van der Waals surface area contributed by atoms with Crippen LogP contribution in [0, 0.1) is 12.7 Å². The molecular formula is C18H16FN5O2S. The van der Waals surface area contributed by atoms with Gasteiger partial charge in [-0.3, -0.25) is 25.0 Å². The molecular weight excluding hydrogens is 369 g/mol. The van der Waals surface area contributed by atoms with Gasteiger partial charge in [0.25, 0.3) is 5.91 Å². The summed E-state index contributed by atoms with van der Waals surface area (Å²) in [5.41, 5.74) is 6.82. The number of rotatable bonds is 5. The Hall–Kier alpha value is -3.20. The molecule has 0 atom stereocenters. The van der Waals surface area contributed by atoms with Crippen LogP contribution in [0.2, 0.25) is 0 Å². The molecule has 0 fully saturated rings. The van der Waals surface area contributed by atoms with Gasteiger partial charge in [0.2, 0.25) is 5.91 Å². The largest absolute Gasteiger partial charge is 0.276 e. The molecule has 0 aliphatic carbocycles. The first kappa shape index (κ1) is 18.6. The number of hydrogen-bond acceptors (Lipinski definition) is 5. The molecule has 3 aromatic rings. The van der Waals surface area contributed by atoms with Crippen LogP contribution in [0.1, 0.15) is 15.9 Å². The molecule has 138 valence electrons. The first-order valence-corrected chi connectivity index (χ1v) is 8.97. The fourth-order valence-corrected chi connectivity index (χ4v) is 3.01. The number of thioether (sulfide) groups is 1. The highest BCUT2D eigenvalue weighted by atomic mass is 32.2. The lowest BCUT2D eigenvalue weighted by molar-refractivity contribution is -0.119. The minimum absolute atomic E-state index is 0.0360. The Bertz CT molecular complexity index is 958. The summed E-state index contributed by atoms with van der Waals surface area (Å²) in [7, 11) is 0. The highest BCUT2D eigenvalue weighted by molar-refractivity contribution is 7.99. The van der Waals surface area contributed by atoms with Crippen molar-refractivity contribution in [3.8, 4) is 5.69 Å². The van der Waals surface area contributed by atoms with Crippen molar-refractivity contribution < 1.29 is 14.0 Å². The number of aryl methyl sites for hydroxylation is 1. The van der Waals surface area contributed by atoms with E-state index in [1.165, 1.54) is 36.0 Å². The average Bonchev–Trinajstić information content (AvgIpc) is 3.13. The van der Waals surface area contributed by atoms with Crippen LogP contribution in [0.5, 0.6) is 0 Å². The number of carbonyl (C=O) groups excluding carboxylic acids is 2. The quantitative estimate of drug-likeness (QED) is 0.520. The molecule has 2 aromatic carbocycles. The van der Waals surface area contributed by atoms with Gasteiger partial charge < -0.3 is 0 Å². The van der Waals surface area contributed by atoms with Gasteiger partial charge in [0.1, 0.15) is 12.1 Å². The topological polar surface area (TPSA) is 88.9 Å². The van der Waals surface area contributed by atoms with E-state index in [-0.39, 0.29) is 11.3 Å². The molecule has 0 unspecified atom stereocenters. The highest BCUT2D eigenvalue weighted by Crippen LogP contribution is 2.21. The maximum Gasteiger partial charge on any atom is 0.269 e. The monoisotopic (exact) mass is 385 g/mol. The molecule has 0 bridgehead atoms. The second-order valence-electron chi connectivity index (χ2n) is 5.57. The summed E-state index contributed by atoms with van der Waals surface area (Å²) in [6, 6.07) is 12.8. The zero-order valence-electron chi connectivity index (χ0n) is 14.3. The van der Waals surface area contributed by atoms with Gasteiger partial charge in [0, 0.05) is 5.56 Å². The van der Waals surface area contributed by atoms with Crippen molar-refractivity contribution in [2.45, 2.75) is 12.1 Å². The molecule has 0 spiro atoms. The summed E-state index contributed by atoms with van der Waals surface area (Å²) >= 11 is 1.19. The maximum atomic E-state index is 12.9. The number of amides is 2. The second kappa shape index (κ2) is 8.45. The van der Waals surface area contributed by atoms with Crippen molar-refractivity contribution >= 4 is 23.6 Å². The Morgan fingerprint density at radius 3 is 2.59 bits per heavy atom. The Balaban J connectivity index is 1.54. The third-order valence-corrected chi connectivity index (χ3v) is 4.59. The standard InChI is InChI=1S/C18H16FN5O2S/c1-12-4-2-3-5-15(12)24-11-20-23-18(24)27-10-16(25)21-22-17(26)13-6-8-14(19)9-7-13/h2-9,11H,10H2,1H3,(H,21,25)(H,22,26).